The van der Waals surface area contributed by atoms with Crippen LogP contribution in [0.25, 0.3) is 0 Å². The van der Waals surface area contributed by atoms with Gasteiger partial charge in [-0.25, -0.2) is 0 Å². The second kappa shape index (κ2) is 8.99. The normalized spacial score (nSPS) is 33.4. The van der Waals surface area contributed by atoms with Crippen LogP contribution in [-0.2, 0) is 0 Å². The van der Waals surface area contributed by atoms with Gasteiger partial charge in [-0.2, -0.15) is 0 Å². The van der Waals surface area contributed by atoms with E-state index in [9.17, 15) is 0 Å². The number of benzene rings is 1. The maximum Gasteiger partial charge on any atom is 0.119 e. The van der Waals surface area contributed by atoms with Crippen LogP contribution in [0.15, 0.2) is 30.3 Å². The first-order chi connectivity index (χ1) is 13.3. The van der Waals surface area contributed by atoms with Gasteiger partial charge in [0.2, 0.25) is 0 Å². The number of hydrogen-bond acceptors (Lipinski definition) is 2. The van der Waals surface area contributed by atoms with Crippen LogP contribution in [0.5, 0.6) is 5.75 Å². The first-order valence-corrected chi connectivity index (χ1v) is 11.8. The summed E-state index contributed by atoms with van der Waals surface area (Å²) in [7, 11) is 0. The summed E-state index contributed by atoms with van der Waals surface area (Å²) in [5.74, 6) is 2.00. The number of para-hydroxylation sites is 1. The van der Waals surface area contributed by atoms with E-state index >= 15 is 0 Å². The Balaban J connectivity index is 1.46. The molecule has 0 amide bonds. The first kappa shape index (κ1) is 19.3. The fourth-order valence-corrected chi connectivity index (χ4v) is 6.58. The van der Waals surface area contributed by atoms with Gasteiger partial charge in [0, 0.05) is 17.6 Å². The summed E-state index contributed by atoms with van der Waals surface area (Å²) < 4.78 is 6.27. The lowest BCUT2D eigenvalue weighted by atomic mass is 9.66. The third kappa shape index (κ3) is 4.06. The van der Waals surface area contributed by atoms with Crippen molar-refractivity contribution < 1.29 is 4.74 Å². The molecule has 150 valence electrons. The highest BCUT2D eigenvalue weighted by molar-refractivity contribution is 5.21. The first-order valence-electron chi connectivity index (χ1n) is 11.8. The lowest BCUT2D eigenvalue weighted by Gasteiger charge is -2.56. The fraction of sp³-hybridized carbons (Fsp3) is 0.760. The van der Waals surface area contributed by atoms with Crippen LogP contribution in [-0.4, -0.2) is 29.1 Å². The number of ether oxygens (including phenoxy) is 1. The Bertz CT molecular complexity index is 573. The topological polar surface area (TPSA) is 12.5 Å². The second-order valence-corrected chi connectivity index (χ2v) is 9.35. The predicted octanol–water partition coefficient (Wildman–Crippen LogP) is 6.59. The van der Waals surface area contributed by atoms with E-state index in [0.717, 1.165) is 24.3 Å². The van der Waals surface area contributed by atoms with Gasteiger partial charge in [0.05, 0.1) is 0 Å². The van der Waals surface area contributed by atoms with Crippen LogP contribution in [0, 0.1) is 5.92 Å². The number of rotatable bonds is 8. The lowest BCUT2D eigenvalue weighted by Crippen LogP contribution is -2.61. The van der Waals surface area contributed by atoms with E-state index in [4.69, 9.17) is 4.74 Å². The van der Waals surface area contributed by atoms with Crippen LogP contribution >= 0.6 is 0 Å². The van der Waals surface area contributed by atoms with Gasteiger partial charge in [0.1, 0.15) is 12.4 Å². The van der Waals surface area contributed by atoms with Gasteiger partial charge in [-0.1, -0.05) is 63.6 Å². The SMILES string of the molecule is CCCCCC[C@@H]1CC[C@@H]2CCCC[C@@]23CC[C@H](COc2ccccc2)N13. The molecule has 3 fully saturated rings. The smallest absolute Gasteiger partial charge is 0.119 e. The Labute approximate surface area is 166 Å². The molecule has 2 heteroatoms. The van der Waals surface area contributed by atoms with Crippen molar-refractivity contribution in [3.8, 4) is 5.75 Å². The highest BCUT2D eigenvalue weighted by Gasteiger charge is 2.55. The third-order valence-corrected chi connectivity index (χ3v) is 7.81. The minimum atomic E-state index is 0.524. The zero-order valence-electron chi connectivity index (χ0n) is 17.4. The molecule has 2 heterocycles. The molecule has 1 saturated carbocycles. The van der Waals surface area contributed by atoms with E-state index in [0.29, 0.717) is 11.6 Å². The summed E-state index contributed by atoms with van der Waals surface area (Å²) in [5, 5.41) is 0. The zero-order valence-corrected chi connectivity index (χ0v) is 17.4. The van der Waals surface area contributed by atoms with Crippen molar-refractivity contribution in [1.29, 1.82) is 0 Å². The zero-order chi connectivity index (χ0) is 18.5. The summed E-state index contributed by atoms with van der Waals surface area (Å²) >= 11 is 0. The van der Waals surface area contributed by atoms with Gasteiger partial charge in [0.15, 0.2) is 0 Å². The molecule has 0 N–H and O–H groups in total. The van der Waals surface area contributed by atoms with E-state index in [1.165, 1.54) is 83.5 Å². The van der Waals surface area contributed by atoms with Crippen LogP contribution in [0.3, 0.4) is 0 Å². The van der Waals surface area contributed by atoms with Crippen molar-refractivity contribution in [2.24, 2.45) is 5.92 Å². The van der Waals surface area contributed by atoms with Gasteiger partial charge in [-0.15, -0.1) is 0 Å². The van der Waals surface area contributed by atoms with E-state index in [2.05, 4.69) is 42.2 Å². The molecule has 27 heavy (non-hydrogen) atoms. The molecule has 2 saturated heterocycles. The van der Waals surface area contributed by atoms with Gasteiger partial charge in [-0.05, 0) is 63.0 Å². The molecule has 2 nitrogen and oxygen atoms in total. The molecular weight excluding hydrogens is 330 g/mol. The standard InChI is InChI=1S/C25H39NO/c1-2-3-4-6-12-22-16-15-21-11-9-10-18-25(21)19-17-23(26(22)25)20-27-24-13-7-5-8-14-24/h5,7-8,13-14,21-23H,2-4,6,9-12,15-20H2,1H3/t21-,22+,23+,25+/m0/s1. The molecule has 1 spiro atoms. The molecule has 1 aliphatic carbocycles. The van der Waals surface area contributed by atoms with Crippen LogP contribution in [0.4, 0.5) is 0 Å². The number of nitrogens with zero attached hydrogens (tertiary/aromatic N) is 1. The van der Waals surface area contributed by atoms with Crippen LogP contribution in [0.1, 0.15) is 90.4 Å². The minimum Gasteiger partial charge on any atom is -0.492 e. The highest BCUT2D eigenvalue weighted by atomic mass is 16.5. The maximum atomic E-state index is 6.27. The van der Waals surface area contributed by atoms with Crippen molar-refractivity contribution in [2.75, 3.05) is 6.61 Å². The molecular formula is C25H39NO. The van der Waals surface area contributed by atoms with Crippen molar-refractivity contribution >= 4 is 0 Å². The fourth-order valence-electron chi connectivity index (χ4n) is 6.58. The third-order valence-electron chi connectivity index (χ3n) is 7.81. The summed E-state index contributed by atoms with van der Waals surface area (Å²) in [6.07, 6.45) is 18.5. The maximum absolute atomic E-state index is 6.27. The van der Waals surface area contributed by atoms with Gasteiger partial charge in [0.25, 0.3) is 0 Å². The average molecular weight is 370 g/mol. The van der Waals surface area contributed by atoms with Crippen molar-refractivity contribution in [3.05, 3.63) is 30.3 Å². The highest BCUT2D eigenvalue weighted by Crippen LogP contribution is 2.54. The summed E-state index contributed by atoms with van der Waals surface area (Å²) in [4.78, 5) is 3.04. The van der Waals surface area contributed by atoms with E-state index in [1.807, 2.05) is 0 Å². The number of unbranched alkanes of at least 4 members (excludes halogenated alkanes) is 3. The summed E-state index contributed by atoms with van der Waals surface area (Å²) in [6.45, 7) is 3.20. The monoisotopic (exact) mass is 369 g/mol. The van der Waals surface area contributed by atoms with Gasteiger partial charge < -0.3 is 4.74 Å². The molecule has 1 aromatic rings. The van der Waals surface area contributed by atoms with E-state index in [-0.39, 0.29) is 0 Å². The summed E-state index contributed by atoms with van der Waals surface area (Å²) in [5.41, 5.74) is 0.524. The Morgan fingerprint density at radius 1 is 0.926 bits per heavy atom. The van der Waals surface area contributed by atoms with Gasteiger partial charge in [-0.3, -0.25) is 4.90 Å². The molecule has 1 aromatic carbocycles. The molecule has 0 unspecified atom stereocenters. The molecule has 3 aliphatic rings. The minimum absolute atomic E-state index is 0.524. The Hall–Kier alpha value is -1.02. The molecule has 4 rings (SSSR count). The predicted molar refractivity (Wildman–Crippen MR) is 113 cm³/mol. The number of hydrogen-bond donors (Lipinski definition) is 0. The molecule has 0 bridgehead atoms. The van der Waals surface area contributed by atoms with E-state index in [1.54, 1.807) is 0 Å². The average Bonchev–Trinajstić information content (AvgIpc) is 3.09. The molecule has 0 aromatic heterocycles. The van der Waals surface area contributed by atoms with Gasteiger partial charge >= 0.3 is 0 Å². The second-order valence-electron chi connectivity index (χ2n) is 9.35. The van der Waals surface area contributed by atoms with Crippen LogP contribution in [0.2, 0.25) is 0 Å². The Kier molecular flexibility index (Phi) is 6.42. The molecule has 0 radical (unpaired) electrons. The van der Waals surface area contributed by atoms with Crippen molar-refractivity contribution in [1.82, 2.24) is 4.90 Å². The van der Waals surface area contributed by atoms with Crippen molar-refractivity contribution in [3.63, 3.8) is 0 Å². The molecule has 2 aliphatic heterocycles. The summed E-state index contributed by atoms with van der Waals surface area (Å²) in [6, 6.07) is 11.9. The largest absolute Gasteiger partial charge is 0.492 e. The Morgan fingerprint density at radius 3 is 2.67 bits per heavy atom. The Morgan fingerprint density at radius 2 is 1.81 bits per heavy atom. The quantitative estimate of drug-likeness (QED) is 0.479. The lowest BCUT2D eigenvalue weighted by molar-refractivity contribution is -0.0685. The van der Waals surface area contributed by atoms with Crippen LogP contribution < -0.4 is 4.74 Å². The molecule has 4 atom stereocenters. The van der Waals surface area contributed by atoms with E-state index < -0.39 is 0 Å². The number of piperidine rings is 1. The van der Waals surface area contributed by atoms with Crippen molar-refractivity contribution in [2.45, 2.75) is 108 Å².